The molecule has 1 amide bonds. The second-order valence-electron chi connectivity index (χ2n) is 10.6. The quantitative estimate of drug-likeness (QED) is 0.642. The van der Waals surface area contributed by atoms with E-state index < -0.39 is 0 Å². The standard InChI is InChI=1S/C27H37N3O5/c1-17(2)35-23-15-21-19(14-22(23)32-5)6-7-20-24(26(31)29-10-13-34-16-27(29,3)4)28-25(30(20)21)18-8-11-33-12-9-18/h14-15,17-18H,6-13,16H2,1-5H3. The molecular weight excluding hydrogens is 446 g/mol. The monoisotopic (exact) mass is 483 g/mol. The summed E-state index contributed by atoms with van der Waals surface area (Å²) < 4.78 is 25.3. The van der Waals surface area contributed by atoms with Crippen molar-refractivity contribution in [1.29, 1.82) is 0 Å². The Morgan fingerprint density at radius 2 is 1.89 bits per heavy atom. The van der Waals surface area contributed by atoms with Crippen LogP contribution in [-0.4, -0.2) is 72.1 Å². The van der Waals surface area contributed by atoms with E-state index in [2.05, 4.69) is 30.5 Å². The molecule has 0 radical (unpaired) electrons. The molecule has 0 atom stereocenters. The highest BCUT2D eigenvalue weighted by Crippen LogP contribution is 2.40. The minimum Gasteiger partial charge on any atom is -0.493 e. The van der Waals surface area contributed by atoms with E-state index in [4.69, 9.17) is 23.9 Å². The summed E-state index contributed by atoms with van der Waals surface area (Å²) in [5, 5.41) is 0. The lowest BCUT2D eigenvalue weighted by Gasteiger charge is -2.41. The number of methoxy groups -OCH3 is 1. The number of amides is 1. The molecule has 0 saturated carbocycles. The van der Waals surface area contributed by atoms with Crippen LogP contribution in [0, 0.1) is 0 Å². The van der Waals surface area contributed by atoms with Crippen molar-refractivity contribution in [2.24, 2.45) is 0 Å². The number of aryl methyl sites for hydroxylation is 1. The van der Waals surface area contributed by atoms with E-state index in [0.717, 1.165) is 48.6 Å². The molecule has 4 heterocycles. The van der Waals surface area contributed by atoms with Crippen molar-refractivity contribution < 1.29 is 23.7 Å². The molecule has 0 unspecified atom stereocenters. The smallest absolute Gasteiger partial charge is 0.274 e. The first-order valence-electron chi connectivity index (χ1n) is 12.8. The molecule has 8 nitrogen and oxygen atoms in total. The van der Waals surface area contributed by atoms with E-state index in [9.17, 15) is 4.79 Å². The van der Waals surface area contributed by atoms with Gasteiger partial charge in [0.1, 0.15) is 11.5 Å². The molecule has 3 aliphatic heterocycles. The third-order valence-corrected chi connectivity index (χ3v) is 7.28. The summed E-state index contributed by atoms with van der Waals surface area (Å²) in [7, 11) is 1.68. The van der Waals surface area contributed by atoms with E-state index in [1.54, 1.807) is 7.11 Å². The Kier molecular flexibility index (Phi) is 6.53. The van der Waals surface area contributed by atoms with Crippen LogP contribution in [-0.2, 0) is 22.3 Å². The van der Waals surface area contributed by atoms with Gasteiger partial charge in [0.15, 0.2) is 11.5 Å². The van der Waals surface area contributed by atoms with Crippen LogP contribution < -0.4 is 9.47 Å². The number of imidazole rings is 1. The Bertz CT molecular complexity index is 1100. The van der Waals surface area contributed by atoms with Gasteiger partial charge in [0, 0.05) is 31.7 Å². The van der Waals surface area contributed by atoms with E-state index >= 15 is 0 Å². The van der Waals surface area contributed by atoms with Crippen LogP contribution in [0.2, 0.25) is 0 Å². The Morgan fingerprint density at radius 3 is 2.57 bits per heavy atom. The molecule has 3 aliphatic rings. The van der Waals surface area contributed by atoms with Crippen molar-refractivity contribution in [2.45, 2.75) is 70.9 Å². The molecule has 0 bridgehead atoms. The van der Waals surface area contributed by atoms with Crippen LogP contribution in [0.4, 0.5) is 0 Å². The summed E-state index contributed by atoms with van der Waals surface area (Å²) in [6.07, 6.45) is 3.38. The Balaban J connectivity index is 1.65. The Hall–Kier alpha value is -2.58. The number of hydrogen-bond acceptors (Lipinski definition) is 6. The van der Waals surface area contributed by atoms with E-state index in [0.29, 0.717) is 44.4 Å². The van der Waals surface area contributed by atoms with E-state index in [1.807, 2.05) is 18.7 Å². The minimum absolute atomic E-state index is 0.00373. The molecule has 190 valence electrons. The van der Waals surface area contributed by atoms with Gasteiger partial charge in [0.25, 0.3) is 5.91 Å². The molecule has 0 aliphatic carbocycles. The lowest BCUT2D eigenvalue weighted by atomic mass is 9.96. The minimum atomic E-state index is -0.372. The predicted molar refractivity (Wildman–Crippen MR) is 132 cm³/mol. The fourth-order valence-corrected chi connectivity index (χ4v) is 5.49. The van der Waals surface area contributed by atoms with Gasteiger partial charge in [-0.1, -0.05) is 0 Å². The highest BCUT2D eigenvalue weighted by atomic mass is 16.5. The molecule has 2 aromatic rings. The second-order valence-corrected chi connectivity index (χ2v) is 10.6. The molecule has 35 heavy (non-hydrogen) atoms. The zero-order valence-electron chi connectivity index (χ0n) is 21.6. The van der Waals surface area contributed by atoms with Gasteiger partial charge in [-0.05, 0) is 65.0 Å². The average Bonchev–Trinajstić information content (AvgIpc) is 3.23. The lowest BCUT2D eigenvalue weighted by Crippen LogP contribution is -2.55. The number of hydrogen-bond donors (Lipinski definition) is 0. The van der Waals surface area contributed by atoms with Crippen molar-refractivity contribution >= 4 is 5.91 Å². The highest BCUT2D eigenvalue weighted by Gasteiger charge is 2.39. The van der Waals surface area contributed by atoms with Gasteiger partial charge < -0.3 is 23.8 Å². The van der Waals surface area contributed by atoms with Crippen molar-refractivity contribution in [3.8, 4) is 17.2 Å². The third-order valence-electron chi connectivity index (χ3n) is 7.28. The van der Waals surface area contributed by atoms with Crippen molar-refractivity contribution in [3.05, 3.63) is 34.9 Å². The fourth-order valence-electron chi connectivity index (χ4n) is 5.49. The predicted octanol–water partition coefficient (Wildman–Crippen LogP) is 3.91. The van der Waals surface area contributed by atoms with Crippen LogP contribution in [0.25, 0.3) is 5.69 Å². The van der Waals surface area contributed by atoms with Crippen molar-refractivity contribution in [3.63, 3.8) is 0 Å². The number of benzene rings is 1. The van der Waals surface area contributed by atoms with Crippen LogP contribution in [0.5, 0.6) is 11.5 Å². The molecule has 2 saturated heterocycles. The second kappa shape index (κ2) is 9.47. The fraction of sp³-hybridized carbons (Fsp3) is 0.630. The summed E-state index contributed by atoms with van der Waals surface area (Å²) >= 11 is 0. The van der Waals surface area contributed by atoms with Crippen LogP contribution >= 0.6 is 0 Å². The first-order valence-corrected chi connectivity index (χ1v) is 12.8. The third kappa shape index (κ3) is 4.42. The average molecular weight is 484 g/mol. The number of morpholine rings is 1. The zero-order chi connectivity index (χ0) is 24.7. The van der Waals surface area contributed by atoms with E-state index in [-0.39, 0.29) is 23.5 Å². The normalized spacial score (nSPS) is 19.9. The van der Waals surface area contributed by atoms with Crippen LogP contribution in [0.1, 0.15) is 74.0 Å². The molecule has 2 fully saturated rings. The number of ether oxygens (including phenoxy) is 4. The maximum Gasteiger partial charge on any atom is 0.274 e. The molecule has 0 spiro atoms. The number of fused-ring (bicyclic) bond motifs is 3. The van der Waals surface area contributed by atoms with Crippen molar-refractivity contribution in [2.75, 3.05) is 40.1 Å². The molecular formula is C27H37N3O5. The first kappa shape index (κ1) is 24.1. The summed E-state index contributed by atoms with van der Waals surface area (Å²) in [4.78, 5) is 21.0. The summed E-state index contributed by atoms with van der Waals surface area (Å²) in [6.45, 7) is 11.2. The van der Waals surface area contributed by atoms with Gasteiger partial charge in [-0.2, -0.15) is 0 Å². The van der Waals surface area contributed by atoms with Gasteiger partial charge >= 0.3 is 0 Å². The molecule has 8 heteroatoms. The molecule has 0 N–H and O–H groups in total. The lowest BCUT2D eigenvalue weighted by molar-refractivity contribution is -0.0373. The number of nitrogens with zero attached hydrogens (tertiary/aromatic N) is 3. The maximum atomic E-state index is 13.9. The number of carbonyl (C=O) groups is 1. The molecule has 1 aromatic heterocycles. The number of rotatable bonds is 5. The molecule has 1 aromatic carbocycles. The van der Waals surface area contributed by atoms with Gasteiger partial charge in [-0.25, -0.2) is 4.98 Å². The summed E-state index contributed by atoms with van der Waals surface area (Å²) in [5.74, 6) is 2.64. The summed E-state index contributed by atoms with van der Waals surface area (Å²) in [5.41, 5.74) is 3.42. The van der Waals surface area contributed by atoms with Gasteiger partial charge in [0.05, 0.1) is 43.3 Å². The highest BCUT2D eigenvalue weighted by molar-refractivity contribution is 5.94. The van der Waals surface area contributed by atoms with Crippen molar-refractivity contribution in [1.82, 2.24) is 14.5 Å². The Morgan fingerprint density at radius 1 is 1.11 bits per heavy atom. The van der Waals surface area contributed by atoms with Gasteiger partial charge in [-0.15, -0.1) is 0 Å². The summed E-state index contributed by atoms with van der Waals surface area (Å²) in [6, 6.07) is 4.14. The van der Waals surface area contributed by atoms with Gasteiger partial charge in [0.2, 0.25) is 0 Å². The Labute approximate surface area is 207 Å². The largest absolute Gasteiger partial charge is 0.493 e. The zero-order valence-corrected chi connectivity index (χ0v) is 21.6. The van der Waals surface area contributed by atoms with Crippen LogP contribution in [0.3, 0.4) is 0 Å². The van der Waals surface area contributed by atoms with Crippen LogP contribution in [0.15, 0.2) is 12.1 Å². The molecule has 5 rings (SSSR count). The number of carbonyl (C=O) groups excluding carboxylic acids is 1. The topological polar surface area (TPSA) is 75.1 Å². The maximum absolute atomic E-state index is 13.9. The number of aromatic nitrogens is 2. The van der Waals surface area contributed by atoms with E-state index in [1.165, 1.54) is 5.56 Å². The van der Waals surface area contributed by atoms with Gasteiger partial charge in [-0.3, -0.25) is 9.36 Å². The SMILES string of the molecule is COc1cc2c(cc1OC(C)C)-n1c(C3CCOCC3)nc(C(=O)N3CCOCC3(C)C)c1CC2. The first-order chi connectivity index (χ1) is 16.8.